The summed E-state index contributed by atoms with van der Waals surface area (Å²) in [6.45, 7) is 9.14. The van der Waals surface area contributed by atoms with Crippen LogP contribution in [0.5, 0.6) is 0 Å². The molecule has 0 fully saturated rings. The Hall–Kier alpha value is -0.0400. The van der Waals surface area contributed by atoms with Gasteiger partial charge in [0.05, 0.1) is 0 Å². The van der Waals surface area contributed by atoms with Crippen molar-refractivity contribution in [2.75, 3.05) is 0 Å². The van der Waals surface area contributed by atoms with Gasteiger partial charge in [0.1, 0.15) is 0 Å². The predicted molar refractivity (Wildman–Crippen MR) is 67.8 cm³/mol. The maximum Gasteiger partial charge on any atom is 0.0385 e. The van der Waals surface area contributed by atoms with Crippen molar-refractivity contribution in [2.45, 2.75) is 45.4 Å². The predicted octanol–water partition coefficient (Wildman–Crippen LogP) is 4.71. The Bertz CT molecular complexity index is 250. The first-order valence-corrected chi connectivity index (χ1v) is 6.48. The van der Waals surface area contributed by atoms with Crippen LogP contribution in [0, 0.1) is 11.8 Å². The van der Waals surface area contributed by atoms with Crippen molar-refractivity contribution >= 4 is 15.9 Å². The SMILES string of the molecule is CC/C1=C\CC(C)=CC(C)C(C)C1Br. The zero-order chi connectivity index (χ0) is 10.7. The van der Waals surface area contributed by atoms with Gasteiger partial charge in [-0.05, 0) is 31.6 Å². The van der Waals surface area contributed by atoms with Gasteiger partial charge in [-0.3, -0.25) is 0 Å². The van der Waals surface area contributed by atoms with Crippen LogP contribution in [-0.2, 0) is 0 Å². The minimum Gasteiger partial charge on any atom is -0.0839 e. The molecule has 1 aliphatic rings. The molecule has 1 heteroatoms. The smallest absolute Gasteiger partial charge is 0.0385 e. The molecule has 0 N–H and O–H groups in total. The van der Waals surface area contributed by atoms with Crippen LogP contribution in [-0.4, -0.2) is 4.83 Å². The Morgan fingerprint density at radius 1 is 1.43 bits per heavy atom. The van der Waals surface area contributed by atoms with E-state index in [0.29, 0.717) is 16.7 Å². The zero-order valence-corrected chi connectivity index (χ0v) is 11.3. The standard InChI is InChI=1S/C13H21Br/c1-5-12-7-6-9(2)8-10(3)11(4)13(12)14/h7-8,10-11,13H,5-6H2,1-4H3/b9-8?,12-7+. The van der Waals surface area contributed by atoms with Crippen LogP contribution in [0.15, 0.2) is 23.3 Å². The minimum atomic E-state index is 0.562. The Labute approximate surface area is 96.6 Å². The van der Waals surface area contributed by atoms with E-state index in [-0.39, 0.29) is 0 Å². The second kappa shape index (κ2) is 5.16. The summed E-state index contributed by atoms with van der Waals surface area (Å²) in [6.07, 6.45) is 7.11. The van der Waals surface area contributed by atoms with Gasteiger partial charge >= 0.3 is 0 Å². The number of allylic oxidation sites excluding steroid dienone is 4. The van der Waals surface area contributed by atoms with E-state index in [1.165, 1.54) is 12.0 Å². The van der Waals surface area contributed by atoms with Crippen molar-refractivity contribution in [1.29, 1.82) is 0 Å². The van der Waals surface area contributed by atoms with Crippen molar-refractivity contribution in [3.63, 3.8) is 0 Å². The van der Waals surface area contributed by atoms with E-state index in [0.717, 1.165) is 6.42 Å². The highest BCUT2D eigenvalue weighted by molar-refractivity contribution is 9.09. The summed E-state index contributed by atoms with van der Waals surface area (Å²) in [5, 5.41) is 0. The van der Waals surface area contributed by atoms with E-state index in [1.54, 1.807) is 5.57 Å². The summed E-state index contributed by atoms with van der Waals surface area (Å²) < 4.78 is 0. The lowest BCUT2D eigenvalue weighted by atomic mass is 9.84. The molecule has 1 rings (SSSR count). The highest BCUT2D eigenvalue weighted by atomic mass is 79.9. The van der Waals surface area contributed by atoms with Crippen molar-refractivity contribution in [3.8, 4) is 0 Å². The normalized spacial score (nSPS) is 37.9. The molecule has 80 valence electrons. The number of hydrogen-bond donors (Lipinski definition) is 0. The average Bonchev–Trinajstić information content (AvgIpc) is 2.15. The molecule has 0 amide bonds. The molecule has 3 atom stereocenters. The zero-order valence-electron chi connectivity index (χ0n) is 9.68. The summed E-state index contributed by atoms with van der Waals surface area (Å²) in [7, 11) is 0. The van der Waals surface area contributed by atoms with E-state index in [2.05, 4.69) is 55.8 Å². The largest absolute Gasteiger partial charge is 0.0839 e. The molecule has 0 nitrogen and oxygen atoms in total. The van der Waals surface area contributed by atoms with Crippen LogP contribution < -0.4 is 0 Å². The summed E-state index contributed by atoms with van der Waals surface area (Å²) in [6, 6.07) is 0. The van der Waals surface area contributed by atoms with Gasteiger partial charge in [-0.25, -0.2) is 0 Å². The van der Waals surface area contributed by atoms with Crippen molar-refractivity contribution in [3.05, 3.63) is 23.3 Å². The third-order valence-electron chi connectivity index (χ3n) is 3.29. The number of rotatable bonds is 1. The lowest BCUT2D eigenvalue weighted by Gasteiger charge is -2.27. The molecule has 0 aromatic carbocycles. The van der Waals surface area contributed by atoms with Crippen molar-refractivity contribution < 1.29 is 0 Å². The lowest BCUT2D eigenvalue weighted by molar-refractivity contribution is 0.461. The van der Waals surface area contributed by atoms with Gasteiger partial charge < -0.3 is 0 Å². The monoisotopic (exact) mass is 256 g/mol. The molecule has 0 aliphatic heterocycles. The number of halogens is 1. The van der Waals surface area contributed by atoms with E-state index in [1.807, 2.05) is 0 Å². The van der Waals surface area contributed by atoms with Gasteiger partial charge in [-0.2, -0.15) is 0 Å². The highest BCUT2D eigenvalue weighted by Gasteiger charge is 2.22. The molecular weight excluding hydrogens is 236 g/mol. The topological polar surface area (TPSA) is 0 Å². The molecule has 0 radical (unpaired) electrons. The highest BCUT2D eigenvalue weighted by Crippen LogP contribution is 2.32. The fourth-order valence-corrected chi connectivity index (χ4v) is 3.01. The molecule has 0 saturated carbocycles. The molecule has 0 aromatic heterocycles. The molecule has 3 unspecified atom stereocenters. The van der Waals surface area contributed by atoms with Gasteiger partial charge in [0.15, 0.2) is 0 Å². The first-order chi connectivity index (χ1) is 6.56. The molecule has 0 aromatic rings. The second-order valence-electron chi connectivity index (χ2n) is 4.47. The summed E-state index contributed by atoms with van der Waals surface area (Å²) >= 11 is 3.83. The Morgan fingerprint density at radius 2 is 2.07 bits per heavy atom. The van der Waals surface area contributed by atoms with Gasteiger partial charge in [-0.15, -0.1) is 0 Å². The average molecular weight is 257 g/mol. The molecule has 1 aliphatic carbocycles. The Kier molecular flexibility index (Phi) is 4.43. The number of alkyl halides is 1. The van der Waals surface area contributed by atoms with E-state index in [9.17, 15) is 0 Å². The van der Waals surface area contributed by atoms with Crippen molar-refractivity contribution in [1.82, 2.24) is 0 Å². The quantitative estimate of drug-likeness (QED) is 0.471. The van der Waals surface area contributed by atoms with Crippen molar-refractivity contribution in [2.24, 2.45) is 11.8 Å². The number of hydrogen-bond acceptors (Lipinski definition) is 0. The van der Waals surface area contributed by atoms with Crippen LogP contribution in [0.3, 0.4) is 0 Å². The van der Waals surface area contributed by atoms with Gasteiger partial charge in [0.2, 0.25) is 0 Å². The summed E-state index contributed by atoms with van der Waals surface area (Å²) in [4.78, 5) is 0.562. The Morgan fingerprint density at radius 3 is 2.64 bits per heavy atom. The maximum absolute atomic E-state index is 3.83. The van der Waals surface area contributed by atoms with Crippen LogP contribution in [0.1, 0.15) is 40.5 Å². The molecule has 0 heterocycles. The van der Waals surface area contributed by atoms with Crippen LogP contribution in [0.2, 0.25) is 0 Å². The molecule has 0 saturated heterocycles. The van der Waals surface area contributed by atoms with E-state index in [4.69, 9.17) is 0 Å². The fraction of sp³-hybridized carbons (Fsp3) is 0.692. The van der Waals surface area contributed by atoms with E-state index >= 15 is 0 Å². The molecule has 14 heavy (non-hydrogen) atoms. The van der Waals surface area contributed by atoms with Gasteiger partial charge in [-0.1, -0.05) is 60.0 Å². The van der Waals surface area contributed by atoms with E-state index < -0.39 is 0 Å². The lowest BCUT2D eigenvalue weighted by Crippen LogP contribution is -2.21. The first-order valence-electron chi connectivity index (χ1n) is 5.56. The fourth-order valence-electron chi connectivity index (χ4n) is 2.02. The third kappa shape index (κ3) is 2.73. The molecular formula is C13H21Br. The third-order valence-corrected chi connectivity index (χ3v) is 4.71. The Balaban J connectivity index is 2.92. The minimum absolute atomic E-state index is 0.562. The molecule has 0 bridgehead atoms. The van der Waals surface area contributed by atoms with Crippen LogP contribution in [0.4, 0.5) is 0 Å². The molecule has 0 spiro atoms. The van der Waals surface area contributed by atoms with Crippen LogP contribution in [0.25, 0.3) is 0 Å². The second-order valence-corrected chi connectivity index (χ2v) is 5.46. The van der Waals surface area contributed by atoms with Gasteiger partial charge in [0.25, 0.3) is 0 Å². The maximum atomic E-state index is 3.83. The van der Waals surface area contributed by atoms with Gasteiger partial charge in [0, 0.05) is 4.83 Å². The summed E-state index contributed by atoms with van der Waals surface area (Å²) in [5.74, 6) is 1.37. The first kappa shape index (κ1) is 12.0. The summed E-state index contributed by atoms with van der Waals surface area (Å²) in [5.41, 5.74) is 3.08. The van der Waals surface area contributed by atoms with Crippen LogP contribution >= 0.6 is 15.9 Å².